The van der Waals surface area contributed by atoms with Crippen molar-refractivity contribution < 1.29 is 4.74 Å². The molecule has 0 unspecified atom stereocenters. The Bertz CT molecular complexity index is 323. The van der Waals surface area contributed by atoms with Crippen LogP contribution in [-0.4, -0.2) is 30.1 Å². The van der Waals surface area contributed by atoms with E-state index in [1.54, 1.807) is 7.11 Å². The Morgan fingerprint density at radius 2 is 2.38 bits per heavy atom. The predicted octanol–water partition coefficient (Wildman–Crippen LogP) is 2.64. The first-order valence-electron chi connectivity index (χ1n) is 6.09. The van der Waals surface area contributed by atoms with Crippen molar-refractivity contribution in [1.29, 1.82) is 0 Å². The first-order valence-corrected chi connectivity index (χ1v) is 6.09. The van der Waals surface area contributed by atoms with Gasteiger partial charge in [0.1, 0.15) is 0 Å². The molecule has 1 fully saturated rings. The van der Waals surface area contributed by atoms with E-state index in [9.17, 15) is 0 Å². The third-order valence-electron chi connectivity index (χ3n) is 3.23. The fourth-order valence-corrected chi connectivity index (χ4v) is 2.47. The first kappa shape index (κ1) is 11.4. The Kier molecular flexibility index (Phi) is 3.78. The Labute approximate surface area is 97.4 Å². The molecule has 88 valence electrons. The third kappa shape index (κ3) is 2.35. The molecule has 0 aliphatic carbocycles. The van der Waals surface area contributed by atoms with Crippen LogP contribution in [0, 0.1) is 0 Å². The molecule has 1 aromatic heterocycles. The molecule has 1 aliphatic heterocycles. The van der Waals surface area contributed by atoms with E-state index in [0.29, 0.717) is 11.9 Å². The number of rotatable bonds is 4. The lowest BCUT2D eigenvalue weighted by atomic mass is 10.1. The summed E-state index contributed by atoms with van der Waals surface area (Å²) in [4.78, 5) is 6.85. The molecule has 16 heavy (non-hydrogen) atoms. The maximum atomic E-state index is 5.08. The molecular weight excluding hydrogens is 200 g/mol. The van der Waals surface area contributed by atoms with Gasteiger partial charge in [0.15, 0.2) is 0 Å². The Morgan fingerprint density at radius 3 is 3.00 bits per heavy atom. The van der Waals surface area contributed by atoms with Gasteiger partial charge in [-0.3, -0.25) is 4.90 Å². The number of pyridine rings is 1. The van der Waals surface area contributed by atoms with E-state index < -0.39 is 0 Å². The molecule has 0 spiro atoms. The third-order valence-corrected chi connectivity index (χ3v) is 3.23. The van der Waals surface area contributed by atoms with Gasteiger partial charge in [-0.2, -0.15) is 0 Å². The summed E-state index contributed by atoms with van der Waals surface area (Å²) in [6, 6.07) is 4.67. The van der Waals surface area contributed by atoms with Crippen molar-refractivity contribution in [3.8, 4) is 5.88 Å². The molecule has 2 rings (SSSR count). The molecule has 1 aromatic rings. The van der Waals surface area contributed by atoms with Crippen molar-refractivity contribution in [2.75, 3.05) is 20.2 Å². The zero-order chi connectivity index (χ0) is 11.4. The Hall–Kier alpha value is -1.09. The second kappa shape index (κ2) is 5.30. The monoisotopic (exact) mass is 220 g/mol. The van der Waals surface area contributed by atoms with Gasteiger partial charge in [0.2, 0.25) is 5.88 Å². The predicted molar refractivity (Wildman–Crippen MR) is 64.6 cm³/mol. The zero-order valence-electron chi connectivity index (χ0n) is 10.1. The van der Waals surface area contributed by atoms with Crippen LogP contribution in [0.2, 0.25) is 0 Å². The largest absolute Gasteiger partial charge is 0.481 e. The van der Waals surface area contributed by atoms with E-state index in [-0.39, 0.29) is 0 Å². The molecule has 0 saturated carbocycles. The lowest BCUT2D eigenvalue weighted by Gasteiger charge is -2.23. The highest BCUT2D eigenvalue weighted by atomic mass is 16.5. The van der Waals surface area contributed by atoms with E-state index >= 15 is 0 Å². The maximum absolute atomic E-state index is 5.08. The number of likely N-dealkylation sites (tertiary alicyclic amines) is 1. The van der Waals surface area contributed by atoms with Gasteiger partial charge >= 0.3 is 0 Å². The molecule has 1 saturated heterocycles. The van der Waals surface area contributed by atoms with Crippen LogP contribution in [0.3, 0.4) is 0 Å². The number of nitrogens with zero attached hydrogens (tertiary/aromatic N) is 2. The quantitative estimate of drug-likeness (QED) is 0.780. The van der Waals surface area contributed by atoms with Gasteiger partial charge in [-0.25, -0.2) is 4.98 Å². The number of hydrogen-bond donors (Lipinski definition) is 0. The van der Waals surface area contributed by atoms with E-state index in [0.717, 1.165) is 0 Å². The van der Waals surface area contributed by atoms with Crippen LogP contribution < -0.4 is 4.74 Å². The smallest absolute Gasteiger partial charge is 0.212 e. The summed E-state index contributed by atoms with van der Waals surface area (Å²) in [5, 5.41) is 0. The Morgan fingerprint density at radius 1 is 1.50 bits per heavy atom. The van der Waals surface area contributed by atoms with Gasteiger partial charge in [-0.1, -0.05) is 13.0 Å². The van der Waals surface area contributed by atoms with Gasteiger partial charge in [-0.15, -0.1) is 0 Å². The number of aromatic nitrogens is 1. The minimum atomic E-state index is 0.568. The van der Waals surface area contributed by atoms with E-state index in [2.05, 4.69) is 22.9 Å². The first-order chi connectivity index (χ1) is 7.85. The fourth-order valence-electron chi connectivity index (χ4n) is 2.47. The van der Waals surface area contributed by atoms with Gasteiger partial charge < -0.3 is 4.74 Å². The zero-order valence-corrected chi connectivity index (χ0v) is 10.1. The van der Waals surface area contributed by atoms with Gasteiger partial charge in [0.25, 0.3) is 0 Å². The summed E-state index contributed by atoms with van der Waals surface area (Å²) < 4.78 is 5.08. The fraction of sp³-hybridized carbons (Fsp3) is 0.615. The highest BCUT2D eigenvalue weighted by Crippen LogP contribution is 2.31. The lowest BCUT2D eigenvalue weighted by Crippen LogP contribution is -2.24. The molecule has 2 heterocycles. The molecule has 0 aromatic carbocycles. The minimum Gasteiger partial charge on any atom is -0.481 e. The van der Waals surface area contributed by atoms with Crippen molar-refractivity contribution in [3.05, 3.63) is 23.9 Å². The summed E-state index contributed by atoms with van der Waals surface area (Å²) in [5.74, 6) is 0.698. The van der Waals surface area contributed by atoms with Gasteiger partial charge in [0.05, 0.1) is 7.11 Å². The van der Waals surface area contributed by atoms with E-state index in [1.165, 1.54) is 37.9 Å². The van der Waals surface area contributed by atoms with Crippen LogP contribution in [0.1, 0.15) is 37.8 Å². The highest BCUT2D eigenvalue weighted by Gasteiger charge is 2.25. The lowest BCUT2D eigenvalue weighted by molar-refractivity contribution is 0.257. The van der Waals surface area contributed by atoms with E-state index in [4.69, 9.17) is 4.74 Å². The van der Waals surface area contributed by atoms with Crippen molar-refractivity contribution in [2.24, 2.45) is 0 Å². The molecule has 1 aliphatic rings. The molecule has 3 heteroatoms. The molecule has 0 radical (unpaired) electrons. The second-order valence-electron chi connectivity index (χ2n) is 4.33. The van der Waals surface area contributed by atoms with Crippen LogP contribution in [0.25, 0.3) is 0 Å². The average Bonchev–Trinajstić information content (AvgIpc) is 2.78. The van der Waals surface area contributed by atoms with Crippen LogP contribution >= 0.6 is 0 Å². The van der Waals surface area contributed by atoms with Crippen molar-refractivity contribution in [2.45, 2.75) is 32.2 Å². The van der Waals surface area contributed by atoms with Gasteiger partial charge in [-0.05, 0) is 37.9 Å². The molecule has 0 N–H and O–H groups in total. The van der Waals surface area contributed by atoms with Crippen molar-refractivity contribution >= 4 is 0 Å². The average molecular weight is 220 g/mol. The minimum absolute atomic E-state index is 0.568. The topological polar surface area (TPSA) is 25.4 Å². The normalized spacial score (nSPS) is 21.2. The van der Waals surface area contributed by atoms with Crippen LogP contribution in [0.15, 0.2) is 18.3 Å². The molecule has 1 atom stereocenters. The maximum Gasteiger partial charge on any atom is 0.212 e. The number of methoxy groups -OCH3 is 1. The molecule has 0 bridgehead atoms. The van der Waals surface area contributed by atoms with Crippen molar-refractivity contribution in [3.63, 3.8) is 0 Å². The molecular formula is C13H20N2O. The molecule has 3 nitrogen and oxygen atoms in total. The Balaban J connectivity index is 2.09. The summed E-state index contributed by atoms with van der Waals surface area (Å²) in [7, 11) is 1.65. The van der Waals surface area contributed by atoms with Crippen LogP contribution in [0.5, 0.6) is 5.88 Å². The standard InChI is InChI=1S/C13H20N2O/c1-3-8-15-9-4-5-12(15)11-6-7-13(16-2)14-10-11/h6-7,10,12H,3-5,8-9H2,1-2H3/t12-/m1/s1. The van der Waals surface area contributed by atoms with Crippen LogP contribution in [0.4, 0.5) is 0 Å². The van der Waals surface area contributed by atoms with Gasteiger partial charge in [0, 0.05) is 18.3 Å². The number of ether oxygens (including phenoxy) is 1. The summed E-state index contributed by atoms with van der Waals surface area (Å²) >= 11 is 0. The molecule has 0 amide bonds. The summed E-state index contributed by atoms with van der Waals surface area (Å²) in [6.07, 6.45) is 5.74. The highest BCUT2D eigenvalue weighted by molar-refractivity contribution is 5.21. The summed E-state index contributed by atoms with van der Waals surface area (Å²) in [5.41, 5.74) is 1.33. The SMILES string of the molecule is CCCN1CCC[C@@H]1c1ccc(OC)nc1. The second-order valence-corrected chi connectivity index (χ2v) is 4.33. The summed E-state index contributed by atoms with van der Waals surface area (Å²) in [6.45, 7) is 4.66. The number of hydrogen-bond acceptors (Lipinski definition) is 3. The van der Waals surface area contributed by atoms with E-state index in [1.807, 2.05) is 12.3 Å². The van der Waals surface area contributed by atoms with Crippen molar-refractivity contribution in [1.82, 2.24) is 9.88 Å². The van der Waals surface area contributed by atoms with Crippen LogP contribution in [-0.2, 0) is 0 Å².